The van der Waals surface area contributed by atoms with Gasteiger partial charge in [0.25, 0.3) is 0 Å². The van der Waals surface area contributed by atoms with Crippen molar-refractivity contribution >= 4 is 36.7 Å². The van der Waals surface area contributed by atoms with Crippen LogP contribution in [0.15, 0.2) is 36.5 Å². The molecule has 2 aromatic rings. The second-order valence-electron chi connectivity index (χ2n) is 2.06. The number of rotatable bonds is 0. The number of fused-ring (bicyclic) bond motifs is 1. The normalized spacial score (nSPS) is 9.20. The van der Waals surface area contributed by atoms with Crippen LogP contribution in [0.3, 0.4) is 0 Å². The van der Waals surface area contributed by atoms with Gasteiger partial charge in [0, 0.05) is 11.7 Å². The minimum atomic E-state index is 0. The molecule has 2 rings (SSSR count). The third-order valence-corrected chi connectivity index (χ3v) is 1.46. The maximum absolute atomic E-state index is 3.12. The van der Waals surface area contributed by atoms with Crippen molar-refractivity contribution in [3.63, 3.8) is 0 Å². The van der Waals surface area contributed by atoms with Gasteiger partial charge < -0.3 is 4.98 Å². The molecular formula is C8H10InN. The summed E-state index contributed by atoms with van der Waals surface area (Å²) in [5.74, 6) is 0. The zero-order valence-corrected chi connectivity index (χ0v) is 4.96. The van der Waals surface area contributed by atoms with E-state index in [4.69, 9.17) is 0 Å². The van der Waals surface area contributed by atoms with Gasteiger partial charge in [-0.05, 0) is 17.5 Å². The van der Waals surface area contributed by atoms with Gasteiger partial charge in [-0.1, -0.05) is 18.2 Å². The minimum Gasteiger partial charge on any atom is -0.361 e. The Labute approximate surface area is 78.2 Å². The molecule has 0 fully saturated rings. The van der Waals surface area contributed by atoms with Crippen LogP contribution in [-0.2, 0) is 0 Å². The van der Waals surface area contributed by atoms with Crippen LogP contribution in [0.25, 0.3) is 10.9 Å². The molecule has 10 heavy (non-hydrogen) atoms. The topological polar surface area (TPSA) is 15.8 Å². The van der Waals surface area contributed by atoms with Crippen LogP contribution in [-0.4, -0.2) is 30.8 Å². The van der Waals surface area contributed by atoms with Crippen LogP contribution in [0.1, 0.15) is 0 Å². The predicted octanol–water partition coefficient (Wildman–Crippen LogP) is 0.984. The third-order valence-electron chi connectivity index (χ3n) is 1.46. The van der Waals surface area contributed by atoms with Gasteiger partial charge in [0.15, 0.2) is 0 Å². The fourth-order valence-electron chi connectivity index (χ4n) is 0.995. The quantitative estimate of drug-likeness (QED) is 0.700. The predicted molar refractivity (Wildman–Crippen MR) is 48.2 cm³/mol. The fraction of sp³-hybridized carbons (Fsp3) is 0. The number of benzene rings is 1. The third kappa shape index (κ3) is 1.21. The Morgan fingerprint density at radius 2 is 1.80 bits per heavy atom. The van der Waals surface area contributed by atoms with Gasteiger partial charge in [-0.15, -0.1) is 0 Å². The average Bonchev–Trinajstić information content (AvgIpc) is 2.33. The molecule has 0 aliphatic carbocycles. The molecule has 1 N–H and O–H groups in total. The van der Waals surface area contributed by atoms with Crippen LogP contribution in [0.5, 0.6) is 0 Å². The number of hydrogen-bond donors (Lipinski definition) is 1. The number of nitrogens with one attached hydrogen (secondary N) is 1. The van der Waals surface area contributed by atoms with E-state index in [0.717, 1.165) is 0 Å². The molecule has 1 aromatic carbocycles. The van der Waals surface area contributed by atoms with Gasteiger partial charge in [0.05, 0.1) is 0 Å². The zero-order valence-electron chi connectivity index (χ0n) is 4.96. The van der Waals surface area contributed by atoms with Crippen molar-refractivity contribution < 1.29 is 0 Å². The summed E-state index contributed by atoms with van der Waals surface area (Å²) in [7, 11) is 0. The fourth-order valence-corrected chi connectivity index (χ4v) is 0.995. The molecule has 0 bridgehead atoms. The largest absolute Gasteiger partial charge is 0.361 e. The summed E-state index contributed by atoms with van der Waals surface area (Å²) in [6.45, 7) is 0. The van der Waals surface area contributed by atoms with E-state index in [0.29, 0.717) is 0 Å². The summed E-state index contributed by atoms with van der Waals surface area (Å²) in [4.78, 5) is 3.12. The monoisotopic (exact) mass is 235 g/mol. The van der Waals surface area contributed by atoms with E-state index >= 15 is 0 Å². The molecule has 1 aromatic heterocycles. The number of hydrogen-bond acceptors (Lipinski definition) is 0. The van der Waals surface area contributed by atoms with Crippen LogP contribution in [0, 0.1) is 0 Å². The van der Waals surface area contributed by atoms with Gasteiger partial charge in [-0.25, -0.2) is 0 Å². The molecule has 0 radical (unpaired) electrons. The minimum absolute atomic E-state index is 0. The molecule has 2 heteroatoms. The summed E-state index contributed by atoms with van der Waals surface area (Å²) >= 11 is 0. The molecular weight excluding hydrogens is 225 g/mol. The summed E-state index contributed by atoms with van der Waals surface area (Å²) in [5, 5.41) is 1.28. The first-order valence-electron chi connectivity index (χ1n) is 2.99. The van der Waals surface area contributed by atoms with Gasteiger partial charge in [-0.3, -0.25) is 0 Å². The molecule has 0 saturated heterocycles. The van der Waals surface area contributed by atoms with Gasteiger partial charge in [-0.2, -0.15) is 0 Å². The molecule has 0 unspecified atom stereocenters. The number of aromatic amines is 1. The van der Waals surface area contributed by atoms with Crippen molar-refractivity contribution in [1.82, 2.24) is 4.98 Å². The van der Waals surface area contributed by atoms with Crippen LogP contribution in [0.4, 0.5) is 0 Å². The Morgan fingerprint density at radius 1 is 1.00 bits per heavy atom. The number of H-pyrrole nitrogens is 1. The van der Waals surface area contributed by atoms with Crippen molar-refractivity contribution in [3.8, 4) is 0 Å². The molecule has 0 atom stereocenters. The van der Waals surface area contributed by atoms with E-state index in [9.17, 15) is 0 Å². The van der Waals surface area contributed by atoms with Crippen molar-refractivity contribution in [1.29, 1.82) is 0 Å². The van der Waals surface area contributed by atoms with E-state index in [1.807, 2.05) is 18.3 Å². The average molecular weight is 235 g/mol. The smallest absolute Gasteiger partial charge is 0.0453 e. The van der Waals surface area contributed by atoms with E-state index in [1.54, 1.807) is 0 Å². The first-order valence-corrected chi connectivity index (χ1v) is 2.99. The standard InChI is InChI=1S/C8H7N.In.3H/c1-2-4-8-7(3-1)5-6-9-8;;;;/h1-6,9H;;;;. The Balaban J connectivity index is 0.000000500. The SMILES string of the molecule is [InH3].c1ccc2[nH]ccc2c1. The van der Waals surface area contributed by atoms with Gasteiger partial charge >= 0.3 is 25.8 Å². The molecule has 50 valence electrons. The van der Waals surface area contributed by atoms with Crippen molar-refractivity contribution in [2.45, 2.75) is 0 Å². The molecule has 0 amide bonds. The second kappa shape index (κ2) is 3.15. The molecule has 0 aliphatic heterocycles. The first kappa shape index (κ1) is 7.73. The maximum Gasteiger partial charge on any atom is 0.0453 e. The van der Waals surface area contributed by atoms with Gasteiger partial charge in [0.1, 0.15) is 0 Å². The van der Waals surface area contributed by atoms with Gasteiger partial charge in [0.2, 0.25) is 0 Å². The Morgan fingerprint density at radius 3 is 2.60 bits per heavy atom. The van der Waals surface area contributed by atoms with Crippen LogP contribution in [0.2, 0.25) is 0 Å². The van der Waals surface area contributed by atoms with Crippen molar-refractivity contribution in [3.05, 3.63) is 36.5 Å². The van der Waals surface area contributed by atoms with Crippen molar-refractivity contribution in [2.24, 2.45) is 0 Å². The van der Waals surface area contributed by atoms with E-state index in [2.05, 4.69) is 23.2 Å². The molecule has 0 saturated carbocycles. The number of para-hydroxylation sites is 1. The molecule has 1 nitrogen and oxygen atoms in total. The summed E-state index contributed by atoms with van der Waals surface area (Å²) in [6.07, 6.45) is 1.95. The zero-order chi connectivity index (χ0) is 6.10. The van der Waals surface area contributed by atoms with E-state index in [1.165, 1.54) is 10.9 Å². The molecule has 0 aliphatic rings. The Kier molecular flexibility index (Phi) is 2.44. The molecule has 1 heterocycles. The second-order valence-corrected chi connectivity index (χ2v) is 2.06. The van der Waals surface area contributed by atoms with E-state index in [-0.39, 0.29) is 25.8 Å². The Bertz CT molecular complexity index is 283. The summed E-state index contributed by atoms with van der Waals surface area (Å²) < 4.78 is 0. The summed E-state index contributed by atoms with van der Waals surface area (Å²) in [6, 6.07) is 10.3. The van der Waals surface area contributed by atoms with Crippen LogP contribution >= 0.6 is 0 Å². The Hall–Kier alpha value is -0.370. The molecule has 0 spiro atoms. The number of aromatic nitrogens is 1. The van der Waals surface area contributed by atoms with E-state index < -0.39 is 0 Å². The summed E-state index contributed by atoms with van der Waals surface area (Å²) in [5.41, 5.74) is 1.21. The van der Waals surface area contributed by atoms with Crippen LogP contribution < -0.4 is 0 Å². The maximum atomic E-state index is 3.12. The first-order chi connectivity index (χ1) is 4.47. The van der Waals surface area contributed by atoms with Crippen molar-refractivity contribution in [2.75, 3.05) is 0 Å².